The third-order valence-corrected chi connectivity index (χ3v) is 4.38. The van der Waals surface area contributed by atoms with E-state index in [-0.39, 0.29) is 18.7 Å². The molecule has 1 fully saturated rings. The maximum absolute atomic E-state index is 12.7. The summed E-state index contributed by atoms with van der Waals surface area (Å²) in [6.07, 6.45) is -3.16. The fourth-order valence-corrected chi connectivity index (χ4v) is 3.16. The molecule has 0 saturated carbocycles. The summed E-state index contributed by atoms with van der Waals surface area (Å²) >= 11 is 0. The second-order valence-electron chi connectivity index (χ2n) is 7.01. The van der Waals surface area contributed by atoms with Crippen LogP contribution in [0.4, 0.5) is 0 Å². The summed E-state index contributed by atoms with van der Waals surface area (Å²) in [5.74, 6) is -1.07. The van der Waals surface area contributed by atoms with Crippen LogP contribution in [0.3, 0.4) is 0 Å². The van der Waals surface area contributed by atoms with Crippen molar-refractivity contribution in [2.45, 2.75) is 64.3 Å². The van der Waals surface area contributed by atoms with Crippen LogP contribution in [0.15, 0.2) is 24.3 Å². The van der Waals surface area contributed by atoms with E-state index in [4.69, 9.17) is 23.7 Å². The van der Waals surface area contributed by atoms with Crippen LogP contribution in [-0.2, 0) is 28.5 Å². The first-order valence-corrected chi connectivity index (χ1v) is 8.96. The van der Waals surface area contributed by atoms with Gasteiger partial charge in [-0.25, -0.2) is 0 Å². The molecule has 0 spiro atoms. The summed E-state index contributed by atoms with van der Waals surface area (Å²) in [6.45, 7) is 6.51. The average molecular weight is 394 g/mol. The van der Waals surface area contributed by atoms with Crippen molar-refractivity contribution in [2.75, 3.05) is 7.11 Å². The molecule has 0 unspecified atom stereocenters. The number of Topliss-reactive ketones (excluding diaryl/α,β-unsaturated/α-hetero) is 1. The number of esters is 1. The Balaban J connectivity index is 2.21. The molecule has 154 valence electrons. The molecule has 8 heteroatoms. The van der Waals surface area contributed by atoms with Crippen LogP contribution in [-0.4, -0.2) is 55.5 Å². The molecule has 8 nitrogen and oxygen atoms in total. The van der Waals surface area contributed by atoms with Crippen molar-refractivity contribution in [3.63, 3.8) is 0 Å². The highest BCUT2D eigenvalue weighted by molar-refractivity contribution is 5.96. The highest BCUT2D eigenvalue weighted by atomic mass is 16.8. The first-order chi connectivity index (χ1) is 13.2. The largest absolute Gasteiger partial charge is 0.497 e. The average Bonchev–Trinajstić information content (AvgIpc) is 2.93. The first-order valence-electron chi connectivity index (χ1n) is 8.96. The van der Waals surface area contributed by atoms with Gasteiger partial charge >= 0.3 is 5.97 Å². The molecular formula is C20H26O8. The standard InChI is InChI=1S/C20H26O8/c1-12(25-11-21)18(26-13(2)22)19-17(27-20(3,4)28-19)10-16(23)14-6-8-15(24-5)9-7-14/h6-9,11-12,17-19H,10H2,1-5H3/t12-,17+,18-,19-/m0/s1. The normalized spacial score (nSPS) is 22.8. The van der Waals surface area contributed by atoms with E-state index in [1.807, 2.05) is 0 Å². The van der Waals surface area contributed by atoms with Gasteiger partial charge in [0.05, 0.1) is 13.2 Å². The molecule has 1 heterocycles. The highest BCUT2D eigenvalue weighted by Gasteiger charge is 2.49. The molecule has 2 rings (SSSR count). The van der Waals surface area contributed by atoms with Gasteiger partial charge in [-0.1, -0.05) is 0 Å². The Morgan fingerprint density at radius 3 is 2.39 bits per heavy atom. The number of hydrogen-bond acceptors (Lipinski definition) is 8. The Morgan fingerprint density at radius 2 is 1.86 bits per heavy atom. The molecule has 1 aromatic rings. The number of carbonyl (C=O) groups excluding carboxylic acids is 3. The fraction of sp³-hybridized carbons (Fsp3) is 0.550. The van der Waals surface area contributed by atoms with E-state index >= 15 is 0 Å². The molecular weight excluding hydrogens is 368 g/mol. The molecule has 1 aromatic carbocycles. The third kappa shape index (κ3) is 5.53. The third-order valence-electron chi connectivity index (χ3n) is 4.38. The van der Waals surface area contributed by atoms with Gasteiger partial charge in [-0.3, -0.25) is 14.4 Å². The zero-order chi connectivity index (χ0) is 20.9. The van der Waals surface area contributed by atoms with Crippen LogP contribution < -0.4 is 4.74 Å². The monoisotopic (exact) mass is 394 g/mol. The van der Waals surface area contributed by atoms with Crippen molar-refractivity contribution in [1.29, 1.82) is 0 Å². The number of benzene rings is 1. The van der Waals surface area contributed by atoms with Gasteiger partial charge in [0.25, 0.3) is 6.47 Å². The van der Waals surface area contributed by atoms with Crippen molar-refractivity contribution < 1.29 is 38.1 Å². The summed E-state index contributed by atoms with van der Waals surface area (Å²) in [5.41, 5.74) is 0.495. The number of rotatable bonds is 9. The minimum atomic E-state index is -0.991. The van der Waals surface area contributed by atoms with Gasteiger partial charge in [0, 0.05) is 18.9 Å². The molecule has 0 aromatic heterocycles. The van der Waals surface area contributed by atoms with Crippen molar-refractivity contribution in [3.05, 3.63) is 29.8 Å². The van der Waals surface area contributed by atoms with E-state index in [2.05, 4.69) is 0 Å². The summed E-state index contributed by atoms with van der Waals surface area (Å²) < 4.78 is 27.2. The predicted octanol–water partition coefficient (Wildman–Crippen LogP) is 2.28. The topological polar surface area (TPSA) is 97.4 Å². The van der Waals surface area contributed by atoms with Gasteiger partial charge in [0.1, 0.15) is 18.0 Å². The summed E-state index contributed by atoms with van der Waals surface area (Å²) in [6, 6.07) is 6.72. The van der Waals surface area contributed by atoms with Crippen molar-refractivity contribution in [3.8, 4) is 5.75 Å². The smallest absolute Gasteiger partial charge is 0.303 e. The summed E-state index contributed by atoms with van der Waals surface area (Å²) in [4.78, 5) is 35.0. The van der Waals surface area contributed by atoms with Gasteiger partial charge in [-0.15, -0.1) is 0 Å². The van der Waals surface area contributed by atoms with Crippen LogP contribution in [0, 0.1) is 0 Å². The molecule has 4 atom stereocenters. The van der Waals surface area contributed by atoms with Crippen molar-refractivity contribution in [2.24, 2.45) is 0 Å². The Kier molecular flexibility index (Phi) is 7.15. The van der Waals surface area contributed by atoms with Crippen LogP contribution in [0.2, 0.25) is 0 Å². The van der Waals surface area contributed by atoms with Gasteiger partial charge in [0.15, 0.2) is 17.7 Å². The van der Waals surface area contributed by atoms with Gasteiger partial charge in [-0.2, -0.15) is 0 Å². The lowest BCUT2D eigenvalue weighted by Crippen LogP contribution is -2.46. The van der Waals surface area contributed by atoms with Gasteiger partial charge in [-0.05, 0) is 45.0 Å². The lowest BCUT2D eigenvalue weighted by molar-refractivity contribution is -0.183. The van der Waals surface area contributed by atoms with Crippen LogP contribution in [0.5, 0.6) is 5.75 Å². The summed E-state index contributed by atoms with van der Waals surface area (Å²) in [5, 5.41) is 0. The number of ketones is 1. The van der Waals surface area contributed by atoms with E-state index in [0.717, 1.165) is 0 Å². The lowest BCUT2D eigenvalue weighted by atomic mass is 9.97. The molecule has 0 amide bonds. The van der Waals surface area contributed by atoms with Gasteiger partial charge in [0.2, 0.25) is 0 Å². The molecule has 0 aliphatic carbocycles. The number of hydrogen-bond donors (Lipinski definition) is 0. The Bertz CT molecular complexity index is 697. The van der Waals surface area contributed by atoms with Crippen molar-refractivity contribution >= 4 is 18.2 Å². The van der Waals surface area contributed by atoms with E-state index in [9.17, 15) is 14.4 Å². The molecule has 0 bridgehead atoms. The van der Waals surface area contributed by atoms with E-state index in [1.165, 1.54) is 6.92 Å². The minimum absolute atomic E-state index is 0.00595. The van der Waals surface area contributed by atoms with Crippen LogP contribution in [0.25, 0.3) is 0 Å². The SMILES string of the molecule is COc1ccc(C(=O)C[C@H]2OC(C)(C)O[C@@H]2[C@@H](OC(C)=O)[C@H](C)OC=O)cc1. The van der Waals surface area contributed by atoms with Crippen LogP contribution >= 0.6 is 0 Å². The van der Waals surface area contributed by atoms with Crippen molar-refractivity contribution in [1.82, 2.24) is 0 Å². The van der Waals surface area contributed by atoms with E-state index < -0.39 is 36.2 Å². The predicted molar refractivity (Wildman–Crippen MR) is 97.9 cm³/mol. The molecule has 1 aliphatic heterocycles. The molecule has 28 heavy (non-hydrogen) atoms. The summed E-state index contributed by atoms with van der Waals surface area (Å²) in [7, 11) is 1.55. The van der Waals surface area contributed by atoms with Crippen LogP contribution in [0.1, 0.15) is 44.5 Å². The number of ether oxygens (including phenoxy) is 5. The molecule has 1 saturated heterocycles. The Hall–Kier alpha value is -2.45. The lowest BCUT2D eigenvalue weighted by Gasteiger charge is -2.29. The second kappa shape index (κ2) is 9.16. The fourth-order valence-electron chi connectivity index (χ4n) is 3.16. The number of methoxy groups -OCH3 is 1. The maximum Gasteiger partial charge on any atom is 0.303 e. The molecule has 0 radical (unpaired) electrons. The Morgan fingerprint density at radius 1 is 1.21 bits per heavy atom. The first kappa shape index (κ1) is 21.8. The molecule has 1 aliphatic rings. The van der Waals surface area contributed by atoms with Gasteiger partial charge < -0.3 is 23.7 Å². The Labute approximate surface area is 164 Å². The molecule has 0 N–H and O–H groups in total. The quantitative estimate of drug-likeness (QED) is 0.357. The number of carbonyl (C=O) groups is 3. The zero-order valence-electron chi connectivity index (χ0n) is 16.7. The maximum atomic E-state index is 12.7. The highest BCUT2D eigenvalue weighted by Crippen LogP contribution is 2.34. The van der Waals surface area contributed by atoms with E-state index in [0.29, 0.717) is 11.3 Å². The second-order valence-corrected chi connectivity index (χ2v) is 7.01. The van der Waals surface area contributed by atoms with E-state index in [1.54, 1.807) is 52.1 Å². The minimum Gasteiger partial charge on any atom is -0.497 e. The zero-order valence-corrected chi connectivity index (χ0v) is 16.7.